The molecule has 0 aliphatic rings. The van der Waals surface area contributed by atoms with E-state index < -0.39 is 0 Å². The van der Waals surface area contributed by atoms with Gasteiger partial charge in [-0.1, -0.05) is 195 Å². The van der Waals surface area contributed by atoms with Crippen LogP contribution in [0.1, 0.15) is 291 Å². The number of hydrogen-bond donors (Lipinski definition) is 1. The fourth-order valence-corrected chi connectivity index (χ4v) is 8.66. The summed E-state index contributed by atoms with van der Waals surface area (Å²) in [6, 6.07) is 0.451. The number of ether oxygens (including phenoxy) is 2. The molecule has 0 radical (unpaired) electrons. The highest BCUT2D eigenvalue weighted by molar-refractivity contribution is 5.69. The number of rotatable bonds is 48. The number of carbonyl (C=O) groups is 2. The van der Waals surface area contributed by atoms with E-state index in [1.807, 2.05) is 0 Å². The van der Waals surface area contributed by atoms with Crippen LogP contribution in [0.2, 0.25) is 0 Å². The van der Waals surface area contributed by atoms with Gasteiger partial charge in [-0.3, -0.25) is 14.5 Å². The molecule has 0 aliphatic heterocycles. The molecule has 1 atom stereocenters. The Labute approximate surface area is 369 Å². The fraction of sp³-hybridized carbons (Fsp3) is 0.962. The van der Waals surface area contributed by atoms with Crippen LogP contribution in [0.15, 0.2) is 0 Å². The average molecular weight is 836 g/mol. The summed E-state index contributed by atoms with van der Waals surface area (Å²) >= 11 is 0. The molecule has 0 heterocycles. The average Bonchev–Trinajstić information content (AvgIpc) is 3.23. The summed E-state index contributed by atoms with van der Waals surface area (Å²) in [5.74, 6) is 0.0294. The Balaban J connectivity index is 4.32. The van der Waals surface area contributed by atoms with Crippen LogP contribution >= 0.6 is 0 Å². The molecule has 0 saturated heterocycles. The smallest absolute Gasteiger partial charge is 0.306 e. The number of hydrogen-bond acceptors (Lipinski definition) is 6. The zero-order chi connectivity index (χ0) is 43.3. The van der Waals surface area contributed by atoms with Crippen LogP contribution in [-0.2, 0) is 19.1 Å². The molecule has 0 fully saturated rings. The Hall–Kier alpha value is -1.14. The van der Waals surface area contributed by atoms with Crippen molar-refractivity contribution in [2.24, 2.45) is 0 Å². The molecular formula is C53H105NO5. The van der Waals surface area contributed by atoms with Crippen molar-refractivity contribution < 1.29 is 24.2 Å². The van der Waals surface area contributed by atoms with Gasteiger partial charge in [0.25, 0.3) is 0 Å². The van der Waals surface area contributed by atoms with Crippen LogP contribution in [0.4, 0.5) is 0 Å². The van der Waals surface area contributed by atoms with E-state index in [1.165, 1.54) is 154 Å². The number of aliphatic hydroxyl groups is 1. The lowest BCUT2D eigenvalue weighted by Crippen LogP contribution is -2.36. The van der Waals surface area contributed by atoms with Gasteiger partial charge in [0.05, 0.1) is 6.61 Å². The van der Waals surface area contributed by atoms with Gasteiger partial charge in [0.15, 0.2) is 0 Å². The first-order valence-corrected chi connectivity index (χ1v) is 26.6. The van der Waals surface area contributed by atoms with Gasteiger partial charge in [0.2, 0.25) is 0 Å². The predicted molar refractivity (Wildman–Crippen MR) is 255 cm³/mol. The van der Waals surface area contributed by atoms with E-state index in [-0.39, 0.29) is 30.8 Å². The molecule has 0 saturated carbocycles. The molecular weight excluding hydrogens is 731 g/mol. The van der Waals surface area contributed by atoms with E-state index in [4.69, 9.17) is 9.47 Å². The van der Waals surface area contributed by atoms with Crippen molar-refractivity contribution >= 4 is 11.9 Å². The Bertz CT molecular complexity index is 835. The molecule has 0 aromatic heterocycles. The molecule has 0 aromatic carbocycles. The molecule has 1 unspecified atom stereocenters. The first-order chi connectivity index (χ1) is 28.9. The highest BCUT2D eigenvalue weighted by atomic mass is 16.5. The second-order valence-electron chi connectivity index (χ2n) is 18.5. The first-order valence-electron chi connectivity index (χ1n) is 26.6. The third kappa shape index (κ3) is 40.7. The Morgan fingerprint density at radius 2 is 0.678 bits per heavy atom. The van der Waals surface area contributed by atoms with Crippen molar-refractivity contribution in [1.82, 2.24) is 4.90 Å². The van der Waals surface area contributed by atoms with Crippen LogP contribution in [0.5, 0.6) is 0 Å². The summed E-state index contributed by atoms with van der Waals surface area (Å²) in [4.78, 5) is 28.1. The normalized spacial score (nSPS) is 12.3. The van der Waals surface area contributed by atoms with Crippen LogP contribution in [0.25, 0.3) is 0 Å². The minimum Gasteiger partial charge on any atom is -0.462 e. The fourth-order valence-electron chi connectivity index (χ4n) is 8.66. The minimum absolute atomic E-state index is 0.0145. The summed E-state index contributed by atoms with van der Waals surface area (Å²) in [5.41, 5.74) is 0. The zero-order valence-electron chi connectivity index (χ0n) is 40.7. The van der Waals surface area contributed by atoms with Gasteiger partial charge in [-0.15, -0.1) is 0 Å². The third-order valence-corrected chi connectivity index (χ3v) is 12.7. The molecule has 0 aliphatic carbocycles. The van der Waals surface area contributed by atoms with Crippen LogP contribution in [0.3, 0.4) is 0 Å². The van der Waals surface area contributed by atoms with Crippen molar-refractivity contribution in [3.63, 3.8) is 0 Å². The SMILES string of the molecule is CCCCCCCCC(CCCCCCCC)OC(=O)CCCCCCCN(CCO)C(C)CCCCCCC(=O)OC(CCCCCCCC)CCCCCCCC. The topological polar surface area (TPSA) is 76.1 Å². The Morgan fingerprint density at radius 3 is 1.02 bits per heavy atom. The Morgan fingerprint density at radius 1 is 0.390 bits per heavy atom. The van der Waals surface area contributed by atoms with Gasteiger partial charge < -0.3 is 14.6 Å². The zero-order valence-corrected chi connectivity index (χ0v) is 40.7. The molecule has 59 heavy (non-hydrogen) atoms. The van der Waals surface area contributed by atoms with Crippen molar-refractivity contribution in [2.45, 2.75) is 310 Å². The summed E-state index contributed by atoms with van der Waals surface area (Å²) < 4.78 is 12.1. The first kappa shape index (κ1) is 57.9. The van der Waals surface area contributed by atoms with E-state index in [0.717, 1.165) is 103 Å². The van der Waals surface area contributed by atoms with Gasteiger partial charge in [0, 0.05) is 25.4 Å². The predicted octanol–water partition coefficient (Wildman–Crippen LogP) is 16.2. The van der Waals surface area contributed by atoms with Crippen LogP contribution < -0.4 is 0 Å². The third-order valence-electron chi connectivity index (χ3n) is 12.7. The second kappa shape index (κ2) is 46.4. The maximum atomic E-state index is 12.8. The van der Waals surface area contributed by atoms with E-state index >= 15 is 0 Å². The molecule has 0 aromatic rings. The lowest BCUT2D eigenvalue weighted by molar-refractivity contribution is -0.151. The number of carbonyl (C=O) groups excluding carboxylic acids is 2. The quantitative estimate of drug-likeness (QED) is 0.0486. The highest BCUT2D eigenvalue weighted by Crippen LogP contribution is 2.21. The van der Waals surface area contributed by atoms with Crippen molar-refractivity contribution in [3.05, 3.63) is 0 Å². The molecule has 6 nitrogen and oxygen atoms in total. The molecule has 0 amide bonds. The second-order valence-corrected chi connectivity index (χ2v) is 18.5. The molecule has 352 valence electrons. The molecule has 1 N–H and O–H groups in total. The van der Waals surface area contributed by atoms with Crippen LogP contribution in [-0.4, -0.2) is 59.9 Å². The number of unbranched alkanes of at least 4 members (excludes halogenated alkanes) is 27. The maximum Gasteiger partial charge on any atom is 0.306 e. The molecule has 0 spiro atoms. The minimum atomic E-state index is 0.0145. The number of nitrogens with zero attached hydrogens (tertiary/aromatic N) is 1. The molecule has 0 rings (SSSR count). The summed E-state index contributed by atoms with van der Waals surface area (Å²) in [7, 11) is 0. The van der Waals surface area contributed by atoms with E-state index in [9.17, 15) is 14.7 Å². The summed E-state index contributed by atoms with van der Waals surface area (Å²) in [5, 5.41) is 9.77. The summed E-state index contributed by atoms with van der Waals surface area (Å²) in [6.07, 6.45) is 47.1. The van der Waals surface area contributed by atoms with Crippen molar-refractivity contribution in [2.75, 3.05) is 19.7 Å². The lowest BCUT2D eigenvalue weighted by atomic mass is 10.0. The molecule has 6 heteroatoms. The van der Waals surface area contributed by atoms with Crippen molar-refractivity contribution in [1.29, 1.82) is 0 Å². The van der Waals surface area contributed by atoms with Gasteiger partial charge in [0.1, 0.15) is 12.2 Å². The standard InChI is InChI=1S/C53H105NO5/c1-6-10-14-18-23-32-40-50(41-33-24-19-15-11-7-2)58-52(56)44-36-27-22-30-38-46-54(47-48-55)49(5)39-31-28-29-37-45-53(57)59-51(42-34-25-20-16-12-8-3)43-35-26-21-17-13-9-4/h49-51,55H,6-48H2,1-5H3. The monoisotopic (exact) mass is 836 g/mol. The Kier molecular flexibility index (Phi) is 45.5. The van der Waals surface area contributed by atoms with E-state index in [2.05, 4.69) is 39.5 Å². The number of esters is 2. The van der Waals surface area contributed by atoms with Gasteiger partial charge in [-0.25, -0.2) is 0 Å². The van der Waals surface area contributed by atoms with Crippen molar-refractivity contribution in [3.8, 4) is 0 Å². The van der Waals surface area contributed by atoms with E-state index in [1.54, 1.807) is 0 Å². The highest BCUT2D eigenvalue weighted by Gasteiger charge is 2.17. The van der Waals surface area contributed by atoms with E-state index in [0.29, 0.717) is 18.9 Å². The summed E-state index contributed by atoms with van der Waals surface area (Å²) in [6.45, 7) is 13.3. The largest absolute Gasteiger partial charge is 0.462 e. The van der Waals surface area contributed by atoms with Gasteiger partial charge in [-0.2, -0.15) is 0 Å². The van der Waals surface area contributed by atoms with Gasteiger partial charge in [-0.05, 0) is 90.5 Å². The maximum absolute atomic E-state index is 12.8. The number of aliphatic hydroxyl groups excluding tert-OH is 1. The van der Waals surface area contributed by atoms with Gasteiger partial charge >= 0.3 is 11.9 Å². The van der Waals surface area contributed by atoms with Crippen LogP contribution in [0, 0.1) is 0 Å². The lowest BCUT2D eigenvalue weighted by Gasteiger charge is -2.28. The molecule has 0 bridgehead atoms.